The molecule has 2 aromatic carbocycles. The lowest BCUT2D eigenvalue weighted by Gasteiger charge is -2.15. The SMILES string of the molecule is O=C(Nc1c(Br)c(Br)c(Br)c(Br)c1Br)C(=S)NCCc1ccccc1. The fourth-order valence-corrected chi connectivity index (χ4v) is 5.33. The number of halogens is 5. The highest BCUT2D eigenvalue weighted by Crippen LogP contribution is 2.47. The predicted octanol–water partition coefficient (Wildman–Crippen LogP) is 6.60. The molecule has 2 N–H and O–H groups in total. The Labute approximate surface area is 193 Å². The maximum absolute atomic E-state index is 12.4. The first-order valence-electron chi connectivity index (χ1n) is 6.97. The molecule has 0 saturated carbocycles. The van der Waals surface area contributed by atoms with Gasteiger partial charge in [0, 0.05) is 20.0 Å². The highest BCUT2D eigenvalue weighted by atomic mass is 79.9. The second-order valence-electron chi connectivity index (χ2n) is 4.89. The van der Waals surface area contributed by atoms with Gasteiger partial charge in [-0.15, -0.1) is 0 Å². The van der Waals surface area contributed by atoms with Crippen LogP contribution >= 0.6 is 91.9 Å². The molecule has 0 fully saturated rings. The average Bonchev–Trinajstić information content (AvgIpc) is 2.62. The Bertz CT molecular complexity index is 785. The molecule has 2 rings (SSSR count). The Hall–Kier alpha value is 0.200. The van der Waals surface area contributed by atoms with Crippen LogP contribution < -0.4 is 10.6 Å². The maximum Gasteiger partial charge on any atom is 0.283 e. The van der Waals surface area contributed by atoms with E-state index >= 15 is 0 Å². The van der Waals surface area contributed by atoms with Gasteiger partial charge in [0.15, 0.2) is 4.99 Å². The van der Waals surface area contributed by atoms with Crippen molar-refractivity contribution in [1.82, 2.24) is 5.32 Å². The minimum atomic E-state index is -0.370. The van der Waals surface area contributed by atoms with Crippen molar-refractivity contribution in [3.05, 3.63) is 58.3 Å². The van der Waals surface area contributed by atoms with E-state index in [1.165, 1.54) is 5.56 Å². The minimum Gasteiger partial charge on any atom is -0.371 e. The molecule has 0 aromatic heterocycles. The third-order valence-electron chi connectivity index (χ3n) is 3.20. The monoisotopic (exact) mass is 674 g/mol. The molecule has 0 saturated heterocycles. The van der Waals surface area contributed by atoms with Crippen molar-refractivity contribution in [2.75, 3.05) is 11.9 Å². The fourth-order valence-electron chi connectivity index (χ4n) is 1.93. The van der Waals surface area contributed by atoms with E-state index < -0.39 is 0 Å². The van der Waals surface area contributed by atoms with Gasteiger partial charge < -0.3 is 10.6 Å². The van der Waals surface area contributed by atoms with E-state index in [0.717, 1.165) is 19.8 Å². The summed E-state index contributed by atoms with van der Waals surface area (Å²) in [5.74, 6) is -0.370. The largest absolute Gasteiger partial charge is 0.371 e. The highest BCUT2D eigenvalue weighted by molar-refractivity contribution is 9.15. The van der Waals surface area contributed by atoms with Gasteiger partial charge in [0.05, 0.1) is 14.6 Å². The van der Waals surface area contributed by atoms with Gasteiger partial charge in [0.25, 0.3) is 5.91 Å². The van der Waals surface area contributed by atoms with Gasteiger partial charge in [-0.05, 0) is 91.6 Å². The van der Waals surface area contributed by atoms with E-state index in [2.05, 4.69) is 90.3 Å². The second kappa shape index (κ2) is 9.94. The zero-order valence-corrected chi connectivity index (χ0v) is 21.3. The summed E-state index contributed by atoms with van der Waals surface area (Å²) in [7, 11) is 0. The smallest absolute Gasteiger partial charge is 0.283 e. The molecule has 0 aliphatic rings. The van der Waals surface area contributed by atoms with E-state index in [-0.39, 0.29) is 10.9 Å². The summed E-state index contributed by atoms with van der Waals surface area (Å²) in [6.45, 7) is 0.590. The molecular weight excluding hydrogens is 668 g/mol. The second-order valence-corrected chi connectivity index (χ2v) is 9.26. The van der Waals surface area contributed by atoms with E-state index in [0.29, 0.717) is 21.2 Å². The summed E-state index contributed by atoms with van der Waals surface area (Å²) in [6.07, 6.45) is 0.789. The normalized spacial score (nSPS) is 10.4. The molecule has 132 valence electrons. The average molecular weight is 679 g/mol. The molecular formula is C16H11Br5N2OS. The molecule has 0 atom stereocenters. The number of nitrogens with one attached hydrogen (secondary N) is 2. The van der Waals surface area contributed by atoms with Crippen LogP contribution in [0.3, 0.4) is 0 Å². The number of amides is 1. The Morgan fingerprint density at radius 3 is 1.96 bits per heavy atom. The number of thiocarbonyl (C=S) groups is 1. The van der Waals surface area contributed by atoms with Gasteiger partial charge in [0.2, 0.25) is 0 Å². The quantitative estimate of drug-likeness (QED) is 0.218. The first-order chi connectivity index (χ1) is 11.8. The van der Waals surface area contributed by atoms with E-state index in [4.69, 9.17) is 12.2 Å². The summed E-state index contributed by atoms with van der Waals surface area (Å²) in [4.78, 5) is 12.5. The molecule has 9 heteroatoms. The number of anilines is 1. The predicted molar refractivity (Wildman–Crippen MR) is 124 cm³/mol. The van der Waals surface area contributed by atoms with Crippen LogP contribution in [0.5, 0.6) is 0 Å². The molecule has 0 bridgehead atoms. The van der Waals surface area contributed by atoms with Gasteiger partial charge in [-0.3, -0.25) is 4.79 Å². The summed E-state index contributed by atoms with van der Waals surface area (Å²) < 4.78 is 3.79. The van der Waals surface area contributed by atoms with Gasteiger partial charge in [-0.25, -0.2) is 0 Å². The van der Waals surface area contributed by atoms with Crippen molar-refractivity contribution >= 4 is 108 Å². The van der Waals surface area contributed by atoms with E-state index in [1.54, 1.807) is 0 Å². The van der Waals surface area contributed by atoms with Crippen molar-refractivity contribution in [1.29, 1.82) is 0 Å². The topological polar surface area (TPSA) is 41.1 Å². The number of rotatable bonds is 4. The van der Waals surface area contributed by atoms with Gasteiger partial charge in [-0.1, -0.05) is 42.5 Å². The molecule has 0 radical (unpaired) electrons. The number of carbonyl (C=O) groups excluding carboxylic acids is 1. The lowest BCUT2D eigenvalue weighted by molar-refractivity contribution is -0.110. The zero-order valence-electron chi connectivity index (χ0n) is 12.5. The Kier molecular flexibility index (Phi) is 8.55. The van der Waals surface area contributed by atoms with Crippen LogP contribution in [-0.4, -0.2) is 17.4 Å². The Morgan fingerprint density at radius 2 is 1.40 bits per heavy atom. The Morgan fingerprint density at radius 1 is 0.880 bits per heavy atom. The molecule has 0 aliphatic heterocycles. The maximum atomic E-state index is 12.4. The molecule has 0 unspecified atom stereocenters. The first-order valence-corrected chi connectivity index (χ1v) is 11.3. The third kappa shape index (κ3) is 5.59. The molecule has 2 aromatic rings. The lowest BCUT2D eigenvalue weighted by atomic mass is 10.1. The number of benzene rings is 2. The van der Waals surface area contributed by atoms with Crippen LogP contribution in [-0.2, 0) is 11.2 Å². The van der Waals surface area contributed by atoms with Crippen LogP contribution in [0.15, 0.2) is 52.7 Å². The molecule has 0 aliphatic carbocycles. The van der Waals surface area contributed by atoms with Crippen molar-refractivity contribution < 1.29 is 4.79 Å². The molecule has 0 heterocycles. The van der Waals surface area contributed by atoms with Gasteiger partial charge >= 0.3 is 0 Å². The van der Waals surface area contributed by atoms with Crippen LogP contribution in [0.2, 0.25) is 0 Å². The highest BCUT2D eigenvalue weighted by Gasteiger charge is 2.20. The summed E-state index contributed by atoms with van der Waals surface area (Å²) in [6, 6.07) is 10.0. The van der Waals surface area contributed by atoms with Crippen molar-refractivity contribution in [2.24, 2.45) is 0 Å². The van der Waals surface area contributed by atoms with Gasteiger partial charge in [-0.2, -0.15) is 0 Å². The van der Waals surface area contributed by atoms with E-state index in [1.807, 2.05) is 30.3 Å². The standard InChI is InChI=1S/C16H11Br5N2OS/c17-9-10(18)12(20)14(13(21)11(9)19)23-15(24)16(25)22-7-6-8-4-2-1-3-5-8/h1-5H,6-7H2,(H,22,25)(H,23,24). The number of hydrogen-bond acceptors (Lipinski definition) is 2. The first kappa shape index (κ1) is 21.5. The zero-order chi connectivity index (χ0) is 18.6. The number of carbonyl (C=O) groups is 1. The van der Waals surface area contributed by atoms with Gasteiger partial charge in [0.1, 0.15) is 0 Å². The molecule has 3 nitrogen and oxygen atoms in total. The summed E-state index contributed by atoms with van der Waals surface area (Å²) in [5.41, 5.74) is 1.77. The van der Waals surface area contributed by atoms with Crippen molar-refractivity contribution in [2.45, 2.75) is 6.42 Å². The molecule has 25 heavy (non-hydrogen) atoms. The lowest BCUT2D eigenvalue weighted by Crippen LogP contribution is -2.35. The summed E-state index contributed by atoms with van der Waals surface area (Å²) >= 11 is 22.5. The Balaban J connectivity index is 2.01. The van der Waals surface area contributed by atoms with Crippen molar-refractivity contribution in [3.8, 4) is 0 Å². The molecule has 1 amide bonds. The fraction of sp³-hybridized carbons (Fsp3) is 0.125. The van der Waals surface area contributed by atoms with Crippen LogP contribution in [0, 0.1) is 0 Å². The summed E-state index contributed by atoms with van der Waals surface area (Å²) in [5, 5.41) is 5.81. The van der Waals surface area contributed by atoms with E-state index in [9.17, 15) is 4.79 Å². The third-order valence-corrected chi connectivity index (χ3v) is 9.62. The number of hydrogen-bond donors (Lipinski definition) is 2. The molecule has 0 spiro atoms. The van der Waals surface area contributed by atoms with Crippen LogP contribution in [0.25, 0.3) is 0 Å². The van der Waals surface area contributed by atoms with Crippen LogP contribution in [0.1, 0.15) is 5.56 Å². The minimum absolute atomic E-state index is 0.143. The van der Waals surface area contributed by atoms with Crippen LogP contribution in [0.4, 0.5) is 5.69 Å². The van der Waals surface area contributed by atoms with Crippen molar-refractivity contribution in [3.63, 3.8) is 0 Å².